The summed E-state index contributed by atoms with van der Waals surface area (Å²) in [6.07, 6.45) is 4.30. The zero-order chi connectivity index (χ0) is 12.0. The van der Waals surface area contributed by atoms with Gasteiger partial charge in [0.05, 0.1) is 5.56 Å². The second-order valence-corrected chi connectivity index (χ2v) is 6.59. The van der Waals surface area contributed by atoms with Crippen LogP contribution in [0.1, 0.15) is 35.7 Å². The van der Waals surface area contributed by atoms with Gasteiger partial charge in [0.2, 0.25) is 9.04 Å². The van der Waals surface area contributed by atoms with E-state index >= 15 is 0 Å². The quantitative estimate of drug-likeness (QED) is 0.560. The minimum absolute atomic E-state index is 0.668. The first-order chi connectivity index (χ1) is 7.67. The molecule has 0 saturated carbocycles. The van der Waals surface area contributed by atoms with E-state index in [1.807, 2.05) is 18.2 Å². The van der Waals surface area contributed by atoms with E-state index in [1.54, 1.807) is 0 Å². The van der Waals surface area contributed by atoms with Crippen molar-refractivity contribution in [2.45, 2.75) is 39.3 Å². The van der Waals surface area contributed by atoms with Gasteiger partial charge in [-0.15, -0.1) is 0 Å². The van der Waals surface area contributed by atoms with E-state index in [-0.39, 0.29) is 0 Å². The fraction of sp³-hybridized carbons (Fsp3) is 0.462. The number of carbonyl (C=O) groups excluding carboxylic acids is 1. The molecule has 0 aliphatic heterocycles. The first kappa shape index (κ1) is 13.0. The minimum Gasteiger partial charge on any atom is -0.546 e. The van der Waals surface area contributed by atoms with Crippen LogP contribution >= 0.6 is 0 Å². The third-order valence-corrected chi connectivity index (χ3v) is 3.11. The van der Waals surface area contributed by atoms with Gasteiger partial charge in [-0.1, -0.05) is 19.4 Å². The van der Waals surface area contributed by atoms with Crippen molar-refractivity contribution in [2.24, 2.45) is 0 Å². The van der Waals surface area contributed by atoms with E-state index in [1.165, 1.54) is 18.4 Å². The van der Waals surface area contributed by atoms with Crippen LogP contribution in [0.3, 0.4) is 0 Å². The molecule has 0 N–H and O–H groups in total. The van der Waals surface area contributed by atoms with Crippen molar-refractivity contribution in [1.82, 2.24) is 0 Å². The Kier molecular flexibility index (Phi) is 5.26. The second-order valence-electron chi connectivity index (χ2n) is 4.26. The first-order valence-electron chi connectivity index (χ1n) is 5.92. The topological polar surface area (TPSA) is 26.3 Å². The number of unbranched alkanes of at least 4 members (excludes halogenated alkanes) is 1. The van der Waals surface area contributed by atoms with E-state index < -0.39 is 9.04 Å². The van der Waals surface area contributed by atoms with Crippen molar-refractivity contribution < 1.29 is 9.22 Å². The molecule has 1 aromatic rings. The van der Waals surface area contributed by atoms with E-state index in [9.17, 15) is 4.79 Å². The van der Waals surface area contributed by atoms with Crippen molar-refractivity contribution in [3.63, 3.8) is 0 Å². The lowest BCUT2D eigenvalue weighted by molar-refractivity contribution is 0.112. The molecule has 3 heteroatoms. The molecule has 88 valence electrons. The number of hydrogen-bond acceptors (Lipinski definition) is 2. The lowest BCUT2D eigenvalue weighted by Gasteiger charge is -2.13. The van der Waals surface area contributed by atoms with Crippen LogP contribution in [-0.4, -0.2) is 15.3 Å². The average molecular weight is 236 g/mol. The molecule has 0 heterocycles. The monoisotopic (exact) mass is 236 g/mol. The number of carbonyl (C=O) groups is 1. The predicted octanol–water partition coefficient (Wildman–Crippen LogP) is 3.20. The standard InChI is InChI=1S/C13H20O2Si/c1-4-5-6-11-7-8-12(10-14)13(9-11)15-16(2)3/h7-10,16H,4-6H2,1-3H3. The molecule has 1 aromatic carbocycles. The molecular formula is C13H20O2Si. The summed E-state index contributed by atoms with van der Waals surface area (Å²) in [4.78, 5) is 10.9. The number of rotatable bonds is 6. The highest BCUT2D eigenvalue weighted by Crippen LogP contribution is 2.21. The molecular weight excluding hydrogens is 216 g/mol. The van der Waals surface area contributed by atoms with E-state index in [0.717, 1.165) is 18.5 Å². The third-order valence-electron chi connectivity index (χ3n) is 2.39. The highest BCUT2D eigenvalue weighted by atomic mass is 28.3. The van der Waals surface area contributed by atoms with Crippen LogP contribution in [0.15, 0.2) is 18.2 Å². The lowest BCUT2D eigenvalue weighted by atomic mass is 10.1. The molecule has 0 aromatic heterocycles. The Hall–Kier alpha value is -1.09. The number of benzene rings is 1. The summed E-state index contributed by atoms with van der Waals surface area (Å²) in [6.45, 7) is 6.39. The van der Waals surface area contributed by atoms with Crippen LogP contribution < -0.4 is 4.43 Å². The zero-order valence-corrected chi connectivity index (χ0v) is 11.5. The maximum Gasteiger partial charge on any atom is 0.229 e. The van der Waals surface area contributed by atoms with Gasteiger partial charge in [0.15, 0.2) is 6.29 Å². The third kappa shape index (κ3) is 3.81. The Balaban J connectivity index is 2.87. The normalized spacial score (nSPS) is 10.5. The van der Waals surface area contributed by atoms with E-state index in [2.05, 4.69) is 20.0 Å². The Bertz CT molecular complexity index is 348. The van der Waals surface area contributed by atoms with Gasteiger partial charge >= 0.3 is 0 Å². The average Bonchev–Trinajstić information content (AvgIpc) is 2.26. The molecule has 0 unspecified atom stereocenters. The predicted molar refractivity (Wildman–Crippen MR) is 69.9 cm³/mol. The Morgan fingerprint density at radius 1 is 1.38 bits per heavy atom. The maximum atomic E-state index is 10.9. The molecule has 0 spiro atoms. The van der Waals surface area contributed by atoms with Gasteiger partial charge in [-0.05, 0) is 43.6 Å². The highest BCUT2D eigenvalue weighted by molar-refractivity contribution is 6.49. The number of aryl methyl sites for hydroxylation is 1. The summed E-state index contributed by atoms with van der Waals surface area (Å²) in [5, 5.41) is 0. The first-order valence-corrected chi connectivity index (χ1v) is 8.70. The molecule has 0 radical (unpaired) electrons. The largest absolute Gasteiger partial charge is 0.546 e. The maximum absolute atomic E-state index is 10.9. The lowest BCUT2D eigenvalue weighted by Crippen LogP contribution is -2.12. The Morgan fingerprint density at radius 3 is 2.69 bits per heavy atom. The van der Waals surface area contributed by atoms with Crippen LogP contribution in [-0.2, 0) is 6.42 Å². The number of aldehydes is 1. The minimum atomic E-state index is -1.15. The van der Waals surface area contributed by atoms with Gasteiger partial charge in [0.25, 0.3) is 0 Å². The molecule has 0 aliphatic rings. The summed E-state index contributed by atoms with van der Waals surface area (Å²) in [5.41, 5.74) is 1.93. The van der Waals surface area contributed by atoms with Gasteiger partial charge in [0.1, 0.15) is 5.75 Å². The van der Waals surface area contributed by atoms with Crippen molar-refractivity contribution in [2.75, 3.05) is 0 Å². The molecule has 0 aliphatic carbocycles. The van der Waals surface area contributed by atoms with Crippen LogP contribution in [0.5, 0.6) is 5.75 Å². The molecule has 0 bridgehead atoms. The van der Waals surface area contributed by atoms with Crippen LogP contribution in [0.25, 0.3) is 0 Å². The van der Waals surface area contributed by atoms with Gasteiger partial charge in [-0.25, -0.2) is 0 Å². The van der Waals surface area contributed by atoms with Crippen molar-refractivity contribution in [1.29, 1.82) is 0 Å². The van der Waals surface area contributed by atoms with Crippen LogP contribution in [0, 0.1) is 0 Å². The molecule has 2 nitrogen and oxygen atoms in total. The Labute approximate surface area is 99.4 Å². The number of hydrogen-bond donors (Lipinski definition) is 0. The highest BCUT2D eigenvalue weighted by Gasteiger charge is 2.06. The summed E-state index contributed by atoms with van der Waals surface area (Å²) in [5.74, 6) is 0.769. The van der Waals surface area contributed by atoms with E-state index in [0.29, 0.717) is 5.56 Å². The molecule has 0 fully saturated rings. The van der Waals surface area contributed by atoms with Gasteiger partial charge in [0, 0.05) is 0 Å². The summed E-state index contributed by atoms with van der Waals surface area (Å²) < 4.78 is 5.76. The smallest absolute Gasteiger partial charge is 0.229 e. The summed E-state index contributed by atoms with van der Waals surface area (Å²) in [7, 11) is -1.15. The molecule has 0 amide bonds. The fourth-order valence-electron chi connectivity index (χ4n) is 1.57. The molecule has 16 heavy (non-hydrogen) atoms. The SMILES string of the molecule is CCCCc1ccc(C=O)c(O[SiH](C)C)c1. The van der Waals surface area contributed by atoms with Gasteiger partial charge < -0.3 is 4.43 Å². The summed E-state index contributed by atoms with van der Waals surface area (Å²) in [6, 6.07) is 5.91. The Morgan fingerprint density at radius 2 is 2.12 bits per heavy atom. The zero-order valence-electron chi connectivity index (χ0n) is 10.3. The molecule has 1 rings (SSSR count). The van der Waals surface area contributed by atoms with Crippen molar-refractivity contribution >= 4 is 15.3 Å². The van der Waals surface area contributed by atoms with Crippen LogP contribution in [0.4, 0.5) is 0 Å². The van der Waals surface area contributed by atoms with E-state index in [4.69, 9.17) is 4.43 Å². The fourth-order valence-corrected chi connectivity index (χ4v) is 2.28. The molecule has 0 atom stereocenters. The second kappa shape index (κ2) is 6.48. The van der Waals surface area contributed by atoms with Gasteiger partial charge in [-0.2, -0.15) is 0 Å². The summed E-state index contributed by atoms with van der Waals surface area (Å²) >= 11 is 0. The van der Waals surface area contributed by atoms with Crippen molar-refractivity contribution in [3.8, 4) is 5.75 Å². The van der Waals surface area contributed by atoms with Gasteiger partial charge in [-0.3, -0.25) is 4.79 Å². The van der Waals surface area contributed by atoms with Crippen LogP contribution in [0.2, 0.25) is 13.1 Å². The van der Waals surface area contributed by atoms with Crippen molar-refractivity contribution in [3.05, 3.63) is 29.3 Å². The molecule has 0 saturated heterocycles.